The van der Waals surface area contributed by atoms with Gasteiger partial charge in [0.05, 0.1) is 11.8 Å². The lowest BCUT2D eigenvalue weighted by Crippen LogP contribution is -2.36. The Hall–Kier alpha value is -1.06. The van der Waals surface area contributed by atoms with Crippen molar-refractivity contribution in [1.82, 2.24) is 4.90 Å². The Morgan fingerprint density at radius 2 is 1.82 bits per heavy atom. The van der Waals surface area contributed by atoms with Gasteiger partial charge in [0.1, 0.15) is 0 Å². The minimum Gasteiger partial charge on any atom is -0.481 e. The molecule has 4 heteroatoms. The topological polar surface area (TPSA) is 57.6 Å². The molecular weight excluding hydrogens is 218 g/mol. The maximum Gasteiger partial charge on any atom is 0.307 e. The van der Waals surface area contributed by atoms with Crippen molar-refractivity contribution in [3.05, 3.63) is 0 Å². The van der Waals surface area contributed by atoms with E-state index in [1.807, 2.05) is 25.7 Å². The van der Waals surface area contributed by atoms with Crippen molar-refractivity contribution in [2.45, 2.75) is 40.2 Å². The van der Waals surface area contributed by atoms with Gasteiger partial charge in [0, 0.05) is 12.6 Å². The average Bonchev–Trinajstić information content (AvgIpc) is 2.60. The Morgan fingerprint density at radius 3 is 2.18 bits per heavy atom. The van der Waals surface area contributed by atoms with Crippen molar-refractivity contribution in [1.29, 1.82) is 0 Å². The van der Waals surface area contributed by atoms with Gasteiger partial charge >= 0.3 is 5.97 Å². The molecule has 0 aromatic carbocycles. The van der Waals surface area contributed by atoms with E-state index >= 15 is 0 Å². The molecule has 0 bridgehead atoms. The summed E-state index contributed by atoms with van der Waals surface area (Å²) in [6.45, 7) is 8.71. The van der Waals surface area contributed by atoms with Gasteiger partial charge in [0.25, 0.3) is 0 Å². The van der Waals surface area contributed by atoms with Crippen LogP contribution in [0.1, 0.15) is 34.1 Å². The molecule has 1 amide bonds. The van der Waals surface area contributed by atoms with E-state index < -0.39 is 11.9 Å². The first kappa shape index (κ1) is 12.4. The van der Waals surface area contributed by atoms with E-state index in [9.17, 15) is 9.59 Å². The van der Waals surface area contributed by atoms with Gasteiger partial charge in [0.15, 0.2) is 0 Å². The molecule has 0 aromatic heterocycles. The van der Waals surface area contributed by atoms with E-state index in [4.69, 9.17) is 5.11 Å². The highest BCUT2D eigenvalue weighted by Crippen LogP contribution is 2.59. The van der Waals surface area contributed by atoms with E-state index in [-0.39, 0.29) is 23.3 Å². The quantitative estimate of drug-likeness (QED) is 0.796. The van der Waals surface area contributed by atoms with Crippen LogP contribution in [0.25, 0.3) is 0 Å². The van der Waals surface area contributed by atoms with Crippen LogP contribution < -0.4 is 0 Å². The number of carbonyl (C=O) groups is 2. The molecule has 4 atom stereocenters. The molecule has 2 rings (SSSR count). The van der Waals surface area contributed by atoms with Crippen molar-refractivity contribution in [3.63, 3.8) is 0 Å². The molecule has 0 radical (unpaired) electrons. The number of likely N-dealkylation sites (tertiary alicyclic amines) is 1. The molecule has 1 aliphatic heterocycles. The second-order valence-electron chi connectivity index (χ2n) is 6.30. The van der Waals surface area contributed by atoms with Crippen molar-refractivity contribution in [3.8, 4) is 0 Å². The summed E-state index contributed by atoms with van der Waals surface area (Å²) in [5, 5.41) is 9.10. The first-order valence-corrected chi connectivity index (χ1v) is 6.30. The molecule has 2 aliphatic rings. The van der Waals surface area contributed by atoms with Gasteiger partial charge in [-0.05, 0) is 24.7 Å². The minimum absolute atomic E-state index is 0.0410. The zero-order valence-electron chi connectivity index (χ0n) is 10.9. The van der Waals surface area contributed by atoms with Gasteiger partial charge in [-0.2, -0.15) is 0 Å². The maximum atomic E-state index is 12.4. The molecule has 1 N–H and O–H groups in total. The fourth-order valence-electron chi connectivity index (χ4n) is 3.35. The zero-order valence-corrected chi connectivity index (χ0v) is 10.9. The number of carboxylic acids is 1. The molecule has 0 spiro atoms. The van der Waals surface area contributed by atoms with Crippen LogP contribution in [0, 0.1) is 23.2 Å². The second-order valence-corrected chi connectivity index (χ2v) is 6.30. The lowest BCUT2D eigenvalue weighted by molar-refractivity contribution is -0.142. The standard InChI is InChI=1S/C13H21NO3/c1-7-5-8(2)14(6-7)11(15)9-10(12(16)17)13(9,3)4/h7-10H,5-6H2,1-4H3,(H,16,17)/t7?,8?,9-,10+/m1/s1. The van der Waals surface area contributed by atoms with Crippen LogP contribution in [0.15, 0.2) is 0 Å². The third-order valence-electron chi connectivity index (χ3n) is 4.43. The van der Waals surface area contributed by atoms with Gasteiger partial charge in [-0.3, -0.25) is 9.59 Å². The van der Waals surface area contributed by atoms with Crippen LogP contribution in [0.4, 0.5) is 0 Å². The normalized spacial score (nSPS) is 39.2. The highest BCUT2D eigenvalue weighted by molar-refractivity contribution is 5.92. The van der Waals surface area contributed by atoms with Gasteiger partial charge in [-0.1, -0.05) is 20.8 Å². The van der Waals surface area contributed by atoms with Crippen molar-refractivity contribution in [2.24, 2.45) is 23.2 Å². The number of rotatable bonds is 2. The van der Waals surface area contributed by atoms with Crippen LogP contribution in [0.5, 0.6) is 0 Å². The first-order valence-electron chi connectivity index (χ1n) is 6.30. The Balaban J connectivity index is 2.10. The molecule has 1 aliphatic carbocycles. The van der Waals surface area contributed by atoms with Gasteiger partial charge in [0.2, 0.25) is 5.91 Å². The second kappa shape index (κ2) is 3.72. The van der Waals surface area contributed by atoms with E-state index in [1.165, 1.54) is 0 Å². The fourth-order valence-corrected chi connectivity index (χ4v) is 3.35. The number of amides is 1. The predicted octanol–water partition coefficient (Wildman–Crippen LogP) is 1.60. The molecule has 1 saturated carbocycles. The van der Waals surface area contributed by atoms with Crippen LogP contribution in [-0.4, -0.2) is 34.5 Å². The van der Waals surface area contributed by atoms with E-state index in [2.05, 4.69) is 6.92 Å². The summed E-state index contributed by atoms with van der Waals surface area (Å²) < 4.78 is 0. The highest BCUT2D eigenvalue weighted by Gasteiger charge is 2.67. The van der Waals surface area contributed by atoms with Crippen LogP contribution >= 0.6 is 0 Å². The van der Waals surface area contributed by atoms with E-state index in [1.54, 1.807) is 0 Å². The minimum atomic E-state index is -0.840. The van der Waals surface area contributed by atoms with Crippen molar-refractivity contribution in [2.75, 3.05) is 6.54 Å². The number of hydrogen-bond acceptors (Lipinski definition) is 2. The maximum absolute atomic E-state index is 12.4. The number of nitrogens with zero attached hydrogens (tertiary/aromatic N) is 1. The van der Waals surface area contributed by atoms with Gasteiger partial charge < -0.3 is 10.0 Å². The fraction of sp³-hybridized carbons (Fsp3) is 0.846. The Bertz CT molecular complexity index is 364. The van der Waals surface area contributed by atoms with Crippen LogP contribution in [-0.2, 0) is 9.59 Å². The molecule has 17 heavy (non-hydrogen) atoms. The van der Waals surface area contributed by atoms with Crippen LogP contribution in [0.2, 0.25) is 0 Å². The molecule has 1 heterocycles. The summed E-state index contributed by atoms with van der Waals surface area (Å²) in [5.41, 5.74) is -0.380. The third kappa shape index (κ3) is 1.83. The number of carboxylic acid groups (broad SMARTS) is 1. The smallest absolute Gasteiger partial charge is 0.307 e. The molecule has 2 fully saturated rings. The Morgan fingerprint density at radius 1 is 1.24 bits per heavy atom. The van der Waals surface area contributed by atoms with Gasteiger partial charge in [-0.25, -0.2) is 0 Å². The molecule has 96 valence electrons. The number of carbonyl (C=O) groups excluding carboxylic acids is 1. The molecule has 2 unspecified atom stereocenters. The number of aliphatic carboxylic acids is 1. The van der Waals surface area contributed by atoms with E-state index in [0.717, 1.165) is 13.0 Å². The molecule has 0 aromatic rings. The summed E-state index contributed by atoms with van der Waals surface area (Å²) >= 11 is 0. The van der Waals surface area contributed by atoms with Crippen molar-refractivity contribution < 1.29 is 14.7 Å². The summed E-state index contributed by atoms with van der Waals surface area (Å²) in [5.74, 6) is -1.10. The highest BCUT2D eigenvalue weighted by atomic mass is 16.4. The monoisotopic (exact) mass is 239 g/mol. The van der Waals surface area contributed by atoms with Gasteiger partial charge in [-0.15, -0.1) is 0 Å². The van der Waals surface area contributed by atoms with Crippen LogP contribution in [0.3, 0.4) is 0 Å². The third-order valence-corrected chi connectivity index (χ3v) is 4.43. The summed E-state index contributed by atoms with van der Waals surface area (Å²) in [7, 11) is 0. The lowest BCUT2D eigenvalue weighted by atomic mass is 10.1. The zero-order chi connectivity index (χ0) is 13.0. The average molecular weight is 239 g/mol. The Labute approximate surface area is 102 Å². The summed E-state index contributed by atoms with van der Waals surface area (Å²) in [4.78, 5) is 25.3. The largest absolute Gasteiger partial charge is 0.481 e. The lowest BCUT2D eigenvalue weighted by Gasteiger charge is -2.22. The van der Waals surface area contributed by atoms with E-state index in [0.29, 0.717) is 5.92 Å². The van der Waals surface area contributed by atoms with Crippen molar-refractivity contribution >= 4 is 11.9 Å². The predicted molar refractivity (Wildman–Crippen MR) is 63.4 cm³/mol. The summed E-state index contributed by atoms with van der Waals surface area (Å²) in [6, 6.07) is 0.253. The number of hydrogen-bond donors (Lipinski definition) is 1. The summed E-state index contributed by atoms with van der Waals surface area (Å²) in [6.07, 6.45) is 1.02. The molecular formula is C13H21NO3. The first-order chi connectivity index (χ1) is 7.76. The Kier molecular flexibility index (Phi) is 2.71. The molecule has 1 saturated heterocycles. The molecule has 4 nitrogen and oxygen atoms in total. The SMILES string of the molecule is CC1CC(C)N(C(=O)[C@H]2[C@@H](C(=O)O)C2(C)C)C1.